The number of ether oxygens (including phenoxy) is 2. The maximum absolute atomic E-state index is 12.1. The number of esters is 2. The number of carbonyl (C=O) groups excluding carboxylic acids is 2. The first-order valence-corrected chi connectivity index (χ1v) is 7.70. The summed E-state index contributed by atoms with van der Waals surface area (Å²) in [4.78, 5) is 24.2. The number of phenolic OH excluding ortho intramolecular Hbond substituents is 2. The standard InChI is InChI=1S/C18H16O6/c1-7-4-9-12-8(6-11(19)13(9)16(21)23-7)5-10-15(14(12)20)24-17(22)18(10,2)3/h5-7,19-20H,4H2,1-3H3/t7-/m1/s1. The van der Waals surface area contributed by atoms with E-state index in [0.717, 1.165) is 0 Å². The highest BCUT2D eigenvalue weighted by Crippen LogP contribution is 2.51. The maximum Gasteiger partial charge on any atom is 0.342 e. The van der Waals surface area contributed by atoms with Crippen molar-refractivity contribution in [2.75, 3.05) is 0 Å². The third-order valence-corrected chi connectivity index (χ3v) is 4.82. The Kier molecular flexibility index (Phi) is 2.72. The SMILES string of the molecule is C[C@@H]1Cc2c(c(O)cc3cc4c(c(O)c23)OC(=O)C4(C)C)C(=O)O1. The number of fused-ring (bicyclic) bond motifs is 4. The number of carbonyl (C=O) groups is 2. The van der Waals surface area contributed by atoms with E-state index in [9.17, 15) is 19.8 Å². The van der Waals surface area contributed by atoms with Gasteiger partial charge in [0, 0.05) is 17.4 Å². The number of rotatable bonds is 0. The summed E-state index contributed by atoms with van der Waals surface area (Å²) >= 11 is 0. The van der Waals surface area contributed by atoms with Gasteiger partial charge < -0.3 is 19.7 Å². The van der Waals surface area contributed by atoms with Gasteiger partial charge in [0.05, 0.1) is 5.41 Å². The van der Waals surface area contributed by atoms with Crippen LogP contribution in [0.15, 0.2) is 12.1 Å². The van der Waals surface area contributed by atoms with E-state index in [0.29, 0.717) is 28.3 Å². The topological polar surface area (TPSA) is 93.1 Å². The Morgan fingerprint density at radius 3 is 2.62 bits per heavy atom. The molecule has 0 fully saturated rings. The average Bonchev–Trinajstić information content (AvgIpc) is 2.69. The van der Waals surface area contributed by atoms with Crippen molar-refractivity contribution in [1.82, 2.24) is 0 Å². The molecule has 24 heavy (non-hydrogen) atoms. The molecule has 2 aromatic rings. The van der Waals surface area contributed by atoms with Gasteiger partial charge in [0.1, 0.15) is 17.4 Å². The Morgan fingerprint density at radius 2 is 1.92 bits per heavy atom. The van der Waals surface area contributed by atoms with Crippen LogP contribution in [0.25, 0.3) is 10.8 Å². The predicted molar refractivity (Wildman–Crippen MR) is 84.5 cm³/mol. The molecular formula is C18H16O6. The van der Waals surface area contributed by atoms with Crippen LogP contribution in [0.2, 0.25) is 0 Å². The molecule has 2 N–H and O–H groups in total. The third kappa shape index (κ3) is 1.71. The fourth-order valence-electron chi connectivity index (χ4n) is 3.50. The second kappa shape index (κ2) is 4.41. The van der Waals surface area contributed by atoms with Crippen molar-refractivity contribution in [1.29, 1.82) is 0 Å². The molecule has 0 unspecified atom stereocenters. The lowest BCUT2D eigenvalue weighted by Gasteiger charge is -2.24. The van der Waals surface area contributed by atoms with Crippen LogP contribution >= 0.6 is 0 Å². The molecule has 4 rings (SSSR count). The molecule has 0 spiro atoms. The minimum atomic E-state index is -0.890. The molecule has 0 aliphatic carbocycles. The van der Waals surface area contributed by atoms with Crippen molar-refractivity contribution in [2.45, 2.75) is 38.7 Å². The van der Waals surface area contributed by atoms with E-state index in [4.69, 9.17) is 9.47 Å². The van der Waals surface area contributed by atoms with Crippen molar-refractivity contribution in [3.8, 4) is 17.2 Å². The second-order valence-electron chi connectivity index (χ2n) is 6.88. The summed E-state index contributed by atoms with van der Waals surface area (Å²) in [6.45, 7) is 5.17. The Hall–Kier alpha value is -2.76. The van der Waals surface area contributed by atoms with Crippen LogP contribution in [0.5, 0.6) is 17.2 Å². The fourth-order valence-corrected chi connectivity index (χ4v) is 3.50. The first-order valence-electron chi connectivity index (χ1n) is 7.70. The van der Waals surface area contributed by atoms with E-state index in [1.54, 1.807) is 26.8 Å². The first kappa shape index (κ1) is 14.8. The quantitative estimate of drug-likeness (QED) is 0.570. The molecule has 0 aromatic heterocycles. The summed E-state index contributed by atoms with van der Waals surface area (Å²) in [6, 6.07) is 3.13. The van der Waals surface area contributed by atoms with Gasteiger partial charge in [0.2, 0.25) is 0 Å². The fraction of sp³-hybridized carbons (Fsp3) is 0.333. The Labute approximate surface area is 137 Å². The molecule has 0 saturated carbocycles. The lowest BCUT2D eigenvalue weighted by atomic mass is 9.83. The molecule has 124 valence electrons. The monoisotopic (exact) mass is 328 g/mol. The van der Waals surface area contributed by atoms with Crippen molar-refractivity contribution in [3.63, 3.8) is 0 Å². The van der Waals surface area contributed by atoms with Gasteiger partial charge in [-0.2, -0.15) is 0 Å². The van der Waals surface area contributed by atoms with E-state index in [1.807, 2.05) is 0 Å². The van der Waals surface area contributed by atoms with Crippen LogP contribution in [-0.2, 0) is 21.4 Å². The molecular weight excluding hydrogens is 312 g/mol. The number of phenols is 2. The second-order valence-corrected chi connectivity index (χ2v) is 6.88. The summed E-state index contributed by atoms with van der Waals surface area (Å²) in [5.74, 6) is -1.33. The summed E-state index contributed by atoms with van der Waals surface area (Å²) < 4.78 is 10.4. The smallest absolute Gasteiger partial charge is 0.342 e. The average molecular weight is 328 g/mol. The highest BCUT2D eigenvalue weighted by molar-refractivity contribution is 6.07. The first-order chi connectivity index (χ1) is 11.2. The predicted octanol–water partition coefficient (Wildman–Crippen LogP) is 2.55. The molecule has 6 heteroatoms. The third-order valence-electron chi connectivity index (χ3n) is 4.82. The van der Waals surface area contributed by atoms with E-state index in [2.05, 4.69) is 0 Å². The van der Waals surface area contributed by atoms with Gasteiger partial charge in [-0.15, -0.1) is 0 Å². The molecule has 2 heterocycles. The molecule has 0 bridgehead atoms. The van der Waals surface area contributed by atoms with Gasteiger partial charge in [0.25, 0.3) is 0 Å². The molecule has 2 aromatic carbocycles. The molecule has 1 atom stereocenters. The Morgan fingerprint density at radius 1 is 1.21 bits per heavy atom. The van der Waals surface area contributed by atoms with E-state index >= 15 is 0 Å². The number of hydrogen-bond acceptors (Lipinski definition) is 6. The Bertz CT molecular complexity index is 941. The van der Waals surface area contributed by atoms with E-state index < -0.39 is 17.4 Å². The largest absolute Gasteiger partial charge is 0.507 e. The zero-order valence-corrected chi connectivity index (χ0v) is 13.5. The van der Waals surface area contributed by atoms with Crippen LogP contribution in [0.3, 0.4) is 0 Å². The summed E-state index contributed by atoms with van der Waals surface area (Å²) in [5.41, 5.74) is 0.233. The lowest BCUT2D eigenvalue weighted by molar-refractivity contribution is -0.137. The van der Waals surface area contributed by atoms with Crippen LogP contribution in [-0.4, -0.2) is 28.3 Å². The van der Waals surface area contributed by atoms with Gasteiger partial charge >= 0.3 is 11.9 Å². The van der Waals surface area contributed by atoms with Crippen molar-refractivity contribution in [2.24, 2.45) is 0 Å². The van der Waals surface area contributed by atoms with Gasteiger partial charge in [0.15, 0.2) is 11.5 Å². The van der Waals surface area contributed by atoms with Gasteiger partial charge in [-0.3, -0.25) is 4.79 Å². The number of hydrogen-bond donors (Lipinski definition) is 2. The maximum atomic E-state index is 12.1. The van der Waals surface area contributed by atoms with Crippen LogP contribution in [0.1, 0.15) is 42.3 Å². The minimum Gasteiger partial charge on any atom is -0.507 e. The molecule has 2 aliphatic rings. The highest BCUT2D eigenvalue weighted by Gasteiger charge is 2.44. The zero-order valence-electron chi connectivity index (χ0n) is 13.5. The van der Waals surface area contributed by atoms with Gasteiger partial charge in [-0.25, -0.2) is 4.79 Å². The van der Waals surface area contributed by atoms with Crippen molar-refractivity contribution >= 4 is 22.7 Å². The number of benzene rings is 2. The summed E-state index contributed by atoms with van der Waals surface area (Å²) in [6.07, 6.45) is -0.0167. The molecule has 6 nitrogen and oxygen atoms in total. The summed E-state index contributed by atoms with van der Waals surface area (Å²) in [7, 11) is 0. The molecule has 0 saturated heterocycles. The normalized spacial score (nSPS) is 21.2. The van der Waals surface area contributed by atoms with Crippen LogP contribution < -0.4 is 4.74 Å². The molecule has 0 amide bonds. The van der Waals surface area contributed by atoms with E-state index in [1.165, 1.54) is 6.07 Å². The molecule has 0 radical (unpaired) electrons. The van der Waals surface area contributed by atoms with Crippen LogP contribution in [0.4, 0.5) is 0 Å². The Balaban J connectivity index is 2.12. The van der Waals surface area contributed by atoms with Crippen LogP contribution in [0, 0.1) is 0 Å². The molecule has 2 aliphatic heterocycles. The van der Waals surface area contributed by atoms with Crippen molar-refractivity contribution < 1.29 is 29.3 Å². The zero-order chi connectivity index (χ0) is 17.4. The number of aromatic hydroxyl groups is 2. The van der Waals surface area contributed by atoms with Crippen molar-refractivity contribution in [3.05, 3.63) is 28.8 Å². The lowest BCUT2D eigenvalue weighted by Crippen LogP contribution is -2.26. The minimum absolute atomic E-state index is 0.0550. The van der Waals surface area contributed by atoms with Gasteiger partial charge in [-0.05, 0) is 43.9 Å². The summed E-state index contributed by atoms with van der Waals surface area (Å²) in [5, 5.41) is 21.9. The van der Waals surface area contributed by atoms with Gasteiger partial charge in [-0.1, -0.05) is 0 Å². The highest BCUT2D eigenvalue weighted by atomic mass is 16.6. The van der Waals surface area contributed by atoms with E-state index in [-0.39, 0.29) is 28.9 Å². The number of cyclic esters (lactones) is 1.